The third kappa shape index (κ3) is 4.53. The van der Waals surface area contributed by atoms with Gasteiger partial charge in [0.15, 0.2) is 11.9 Å². The summed E-state index contributed by atoms with van der Waals surface area (Å²) >= 11 is 0. The van der Waals surface area contributed by atoms with E-state index in [2.05, 4.69) is 15.2 Å². The van der Waals surface area contributed by atoms with E-state index in [0.29, 0.717) is 18.0 Å². The maximum Gasteiger partial charge on any atom is 0.416 e. The third-order valence-corrected chi connectivity index (χ3v) is 4.31. The number of aryl methyl sites for hydroxylation is 1. The van der Waals surface area contributed by atoms with Gasteiger partial charge in [-0.25, -0.2) is 9.67 Å². The molecule has 10 heteroatoms. The van der Waals surface area contributed by atoms with Gasteiger partial charge < -0.3 is 9.57 Å². The second-order valence-electron chi connectivity index (χ2n) is 6.30. The fourth-order valence-electron chi connectivity index (χ4n) is 2.81. The number of nitrogens with zero attached hydrogens (tertiary/aromatic N) is 4. The Balaban J connectivity index is 0.00000240. The molecule has 0 aliphatic carbocycles. The zero-order valence-electron chi connectivity index (χ0n) is 15.2. The van der Waals surface area contributed by atoms with Gasteiger partial charge in [-0.1, -0.05) is 23.4 Å². The zero-order valence-corrected chi connectivity index (χ0v) is 16.2. The van der Waals surface area contributed by atoms with Gasteiger partial charge in [0.25, 0.3) is 0 Å². The van der Waals surface area contributed by atoms with Crippen LogP contribution in [-0.2, 0) is 11.0 Å². The molecule has 0 amide bonds. The minimum Gasteiger partial charge on any atom is -0.457 e. The topological polar surface area (TPSA) is 61.5 Å². The van der Waals surface area contributed by atoms with Gasteiger partial charge in [0, 0.05) is 0 Å². The van der Waals surface area contributed by atoms with E-state index in [1.807, 2.05) is 19.1 Å². The van der Waals surface area contributed by atoms with Gasteiger partial charge in [-0.05, 0) is 42.3 Å². The molecule has 3 aromatic rings. The van der Waals surface area contributed by atoms with Crippen molar-refractivity contribution < 1.29 is 22.7 Å². The van der Waals surface area contributed by atoms with Gasteiger partial charge in [-0.2, -0.15) is 31.8 Å². The third-order valence-electron chi connectivity index (χ3n) is 4.31. The summed E-state index contributed by atoms with van der Waals surface area (Å²) in [6.45, 7) is 1.82. The molecule has 1 atom stereocenters. The molecule has 0 bridgehead atoms. The normalized spacial score (nSPS) is 16.0. The second-order valence-corrected chi connectivity index (χ2v) is 6.30. The van der Waals surface area contributed by atoms with E-state index in [9.17, 15) is 13.2 Å². The highest BCUT2D eigenvalue weighted by atomic mass is 32.1. The van der Waals surface area contributed by atoms with Crippen LogP contribution in [0.5, 0.6) is 11.5 Å². The number of hydrogen-bond donors (Lipinski definition) is 0. The number of ether oxygens (including phenoxy) is 1. The molecule has 0 fully saturated rings. The zero-order chi connectivity index (χ0) is 19.7. The van der Waals surface area contributed by atoms with Crippen molar-refractivity contribution in [2.45, 2.75) is 25.6 Å². The lowest BCUT2D eigenvalue weighted by Crippen LogP contribution is -2.11. The molecule has 4 rings (SSSR count). The lowest BCUT2D eigenvalue weighted by molar-refractivity contribution is -0.137. The van der Waals surface area contributed by atoms with Gasteiger partial charge in [0.2, 0.25) is 0 Å². The number of hydrogen-bond acceptors (Lipinski definition) is 5. The van der Waals surface area contributed by atoms with Crippen molar-refractivity contribution in [3.8, 4) is 11.5 Å². The molecule has 2 heterocycles. The Morgan fingerprint density at radius 2 is 2.00 bits per heavy atom. The molecule has 6 nitrogen and oxygen atoms in total. The van der Waals surface area contributed by atoms with Crippen LogP contribution in [-0.4, -0.2) is 20.6 Å². The minimum absolute atomic E-state index is 0. The average molecular weight is 422 g/mol. The molecule has 0 unspecified atom stereocenters. The largest absolute Gasteiger partial charge is 0.457 e. The smallest absolute Gasteiger partial charge is 0.416 e. The van der Waals surface area contributed by atoms with Crippen LogP contribution in [0.3, 0.4) is 0 Å². The molecular formula is C19H17F3N4O2S. The van der Waals surface area contributed by atoms with Gasteiger partial charge in [0.1, 0.15) is 24.2 Å². The predicted molar refractivity (Wildman–Crippen MR) is 104 cm³/mol. The van der Waals surface area contributed by atoms with E-state index < -0.39 is 11.7 Å². The minimum atomic E-state index is -4.43. The quantitative estimate of drug-likeness (QED) is 0.606. The molecule has 0 N–H and O–H groups in total. The number of benzene rings is 2. The van der Waals surface area contributed by atoms with Crippen molar-refractivity contribution in [2.75, 3.05) is 0 Å². The van der Waals surface area contributed by atoms with E-state index in [4.69, 9.17) is 9.57 Å². The summed E-state index contributed by atoms with van der Waals surface area (Å²) < 4.78 is 46.0. The van der Waals surface area contributed by atoms with E-state index >= 15 is 0 Å². The summed E-state index contributed by atoms with van der Waals surface area (Å²) in [7, 11) is 0. The Morgan fingerprint density at radius 1 is 1.17 bits per heavy atom. The van der Waals surface area contributed by atoms with Gasteiger partial charge in [0.05, 0.1) is 12.0 Å². The Bertz CT molecular complexity index is 1020. The average Bonchev–Trinajstić information content (AvgIpc) is 3.34. The highest BCUT2D eigenvalue weighted by molar-refractivity contribution is 7.59. The molecule has 0 radical (unpaired) electrons. The van der Waals surface area contributed by atoms with Crippen molar-refractivity contribution in [1.82, 2.24) is 14.8 Å². The van der Waals surface area contributed by atoms with Crippen LogP contribution in [0.2, 0.25) is 0 Å². The monoisotopic (exact) mass is 422 g/mol. The molecular weight excluding hydrogens is 405 g/mol. The Labute approximate surface area is 171 Å². The van der Waals surface area contributed by atoms with Crippen molar-refractivity contribution in [1.29, 1.82) is 0 Å². The Kier molecular flexibility index (Phi) is 5.83. The summed E-state index contributed by atoms with van der Waals surface area (Å²) in [6.07, 6.45) is -1.35. The Morgan fingerprint density at radius 3 is 2.72 bits per heavy atom. The van der Waals surface area contributed by atoms with Gasteiger partial charge in [-0.3, -0.25) is 0 Å². The van der Waals surface area contributed by atoms with Crippen LogP contribution in [0.4, 0.5) is 13.2 Å². The highest BCUT2D eigenvalue weighted by Gasteiger charge is 2.31. The second kappa shape index (κ2) is 8.16. The summed E-state index contributed by atoms with van der Waals surface area (Å²) in [5.74, 6) is 1.18. The van der Waals surface area contributed by atoms with Gasteiger partial charge >= 0.3 is 6.18 Å². The fourth-order valence-corrected chi connectivity index (χ4v) is 2.81. The molecule has 0 saturated heterocycles. The van der Waals surface area contributed by atoms with Crippen molar-refractivity contribution >= 4 is 19.3 Å². The highest BCUT2D eigenvalue weighted by Crippen LogP contribution is 2.35. The van der Waals surface area contributed by atoms with Crippen molar-refractivity contribution in [2.24, 2.45) is 5.16 Å². The summed E-state index contributed by atoms with van der Waals surface area (Å²) in [6, 6.07) is 10.2. The van der Waals surface area contributed by atoms with Gasteiger partial charge in [-0.15, -0.1) is 0 Å². The lowest BCUT2D eigenvalue weighted by atomic mass is 10.0. The molecule has 29 heavy (non-hydrogen) atoms. The van der Waals surface area contributed by atoms with Crippen LogP contribution in [0.1, 0.15) is 29.2 Å². The van der Waals surface area contributed by atoms with E-state index in [0.717, 1.165) is 23.3 Å². The lowest BCUT2D eigenvalue weighted by Gasteiger charge is -2.14. The van der Waals surface area contributed by atoms with E-state index in [1.165, 1.54) is 29.5 Å². The number of alkyl halides is 3. The van der Waals surface area contributed by atoms with E-state index in [-0.39, 0.29) is 25.3 Å². The molecule has 2 aromatic carbocycles. The number of halogens is 3. The Hall–Kier alpha value is -3.01. The molecule has 1 aliphatic heterocycles. The van der Waals surface area contributed by atoms with E-state index in [1.54, 1.807) is 6.07 Å². The number of aromatic nitrogens is 3. The maximum atomic E-state index is 12.9. The molecule has 0 saturated carbocycles. The first-order chi connectivity index (χ1) is 13.4. The first-order valence-corrected chi connectivity index (χ1v) is 8.43. The summed E-state index contributed by atoms with van der Waals surface area (Å²) in [5, 5.41) is 8.04. The van der Waals surface area contributed by atoms with Crippen LogP contribution in [0, 0.1) is 6.92 Å². The number of oxime groups is 1. The molecule has 0 spiro atoms. The van der Waals surface area contributed by atoms with Crippen LogP contribution in [0.25, 0.3) is 0 Å². The van der Waals surface area contributed by atoms with Crippen molar-refractivity contribution in [3.05, 3.63) is 71.8 Å². The number of rotatable bonds is 3. The summed E-state index contributed by atoms with van der Waals surface area (Å²) in [4.78, 5) is 9.36. The molecule has 1 aliphatic rings. The summed E-state index contributed by atoms with van der Waals surface area (Å²) in [5.41, 5.74) is 0.826. The van der Waals surface area contributed by atoms with Crippen LogP contribution >= 0.6 is 13.5 Å². The maximum absolute atomic E-state index is 12.9. The fraction of sp³-hybridized carbons (Fsp3) is 0.211. The van der Waals surface area contributed by atoms with Crippen LogP contribution in [0.15, 0.2) is 60.3 Å². The molecule has 1 aromatic heterocycles. The van der Waals surface area contributed by atoms with Crippen molar-refractivity contribution in [3.63, 3.8) is 0 Å². The van der Waals surface area contributed by atoms with Crippen LogP contribution < -0.4 is 4.74 Å². The SMILES string of the molecule is Cc1ccc([C@@H]2CC(n3cncn3)=NO2)cc1Oc1cccc(C(F)(F)F)c1.S. The first kappa shape index (κ1) is 20.7. The first-order valence-electron chi connectivity index (χ1n) is 8.43. The molecule has 152 valence electrons. The standard InChI is InChI=1S/C19H15F3N4O2.H2S/c1-12-5-6-13(17-9-18(25-28-17)26-11-23-10-24-26)7-16(12)27-15-4-2-3-14(8-15)19(20,21)22;/h2-8,10-11,17H,9H2,1H3;1H2/t17-;/m0./s1. The predicted octanol–water partition coefficient (Wildman–Crippen LogP) is 4.83.